The lowest BCUT2D eigenvalue weighted by Gasteiger charge is -2.26. The Hall–Kier alpha value is -0.760. The zero-order valence-electron chi connectivity index (χ0n) is 11.5. The smallest absolute Gasteiger partial charge is 0.111 e. The summed E-state index contributed by atoms with van der Waals surface area (Å²) < 4.78 is 5.94. The molecule has 2 nitrogen and oxygen atoms in total. The van der Waals surface area contributed by atoms with Gasteiger partial charge in [0.25, 0.3) is 0 Å². The fourth-order valence-electron chi connectivity index (χ4n) is 2.74. The molecule has 0 saturated carbocycles. The average molecular weight is 235 g/mol. The fraction of sp³-hybridized carbons (Fsp3) is 0.733. The van der Waals surface area contributed by atoms with Crippen molar-refractivity contribution >= 4 is 0 Å². The minimum absolute atomic E-state index is 0.712. The van der Waals surface area contributed by atoms with E-state index in [0.717, 1.165) is 13.0 Å². The molecule has 1 fully saturated rings. The highest BCUT2D eigenvalue weighted by Crippen LogP contribution is 2.37. The van der Waals surface area contributed by atoms with E-state index in [1.807, 2.05) is 0 Å². The molecule has 2 bridgehead atoms. The number of fused-ring (bicyclic) bond motifs is 2. The molecule has 3 aliphatic heterocycles. The second-order valence-electron chi connectivity index (χ2n) is 5.21. The van der Waals surface area contributed by atoms with Crippen molar-refractivity contribution in [2.75, 3.05) is 13.1 Å². The summed E-state index contributed by atoms with van der Waals surface area (Å²) in [4.78, 5) is 2.55. The first-order valence-corrected chi connectivity index (χ1v) is 7.12. The van der Waals surface area contributed by atoms with Gasteiger partial charge in [-0.25, -0.2) is 0 Å². The summed E-state index contributed by atoms with van der Waals surface area (Å²) in [5.41, 5.74) is 1.46. The predicted octanol–water partition coefficient (Wildman–Crippen LogP) is 3.95. The van der Waals surface area contributed by atoms with E-state index in [4.69, 9.17) is 4.42 Å². The predicted molar refractivity (Wildman–Crippen MR) is 71.3 cm³/mol. The molecule has 0 spiro atoms. The van der Waals surface area contributed by atoms with E-state index in [2.05, 4.69) is 31.7 Å². The zero-order valence-corrected chi connectivity index (χ0v) is 11.5. The molecule has 17 heavy (non-hydrogen) atoms. The second-order valence-corrected chi connectivity index (χ2v) is 5.21. The lowest BCUT2D eigenvalue weighted by Crippen LogP contribution is -2.28. The van der Waals surface area contributed by atoms with Crippen LogP contribution in [-0.4, -0.2) is 18.0 Å². The summed E-state index contributed by atoms with van der Waals surface area (Å²) in [6, 6.07) is 2.27. The molecule has 0 unspecified atom stereocenters. The van der Waals surface area contributed by atoms with Crippen molar-refractivity contribution in [3.8, 4) is 0 Å². The van der Waals surface area contributed by atoms with Gasteiger partial charge in [-0.2, -0.15) is 0 Å². The number of piperidine rings is 1. The summed E-state index contributed by atoms with van der Waals surface area (Å²) >= 11 is 0. The molecular formula is C15H25NO. The van der Waals surface area contributed by atoms with Gasteiger partial charge in [-0.15, -0.1) is 0 Å². The summed E-state index contributed by atoms with van der Waals surface area (Å²) in [5, 5.41) is 0. The number of hydrogen-bond acceptors (Lipinski definition) is 2. The Morgan fingerprint density at radius 2 is 1.88 bits per heavy atom. The van der Waals surface area contributed by atoms with Crippen molar-refractivity contribution in [1.29, 1.82) is 0 Å². The lowest BCUT2D eigenvalue weighted by molar-refractivity contribution is 0.214. The van der Waals surface area contributed by atoms with Crippen molar-refractivity contribution < 1.29 is 4.42 Å². The number of furan rings is 1. The van der Waals surface area contributed by atoms with E-state index >= 15 is 0 Å². The van der Waals surface area contributed by atoms with Gasteiger partial charge in [0.15, 0.2) is 0 Å². The SMILES string of the molecule is CCC.CCc1cc2c(o1)C1CCN(CC1)C2. The molecule has 3 aliphatic rings. The Bertz CT molecular complexity index is 348. The fourth-order valence-corrected chi connectivity index (χ4v) is 2.74. The third kappa shape index (κ3) is 2.74. The number of hydrogen-bond donors (Lipinski definition) is 0. The van der Waals surface area contributed by atoms with Crippen molar-refractivity contribution in [1.82, 2.24) is 4.90 Å². The van der Waals surface area contributed by atoms with Crippen LogP contribution >= 0.6 is 0 Å². The Balaban J connectivity index is 0.000000329. The maximum atomic E-state index is 5.94. The van der Waals surface area contributed by atoms with Crippen molar-refractivity contribution in [2.45, 2.75) is 58.9 Å². The molecule has 0 atom stereocenters. The highest BCUT2D eigenvalue weighted by atomic mass is 16.3. The summed E-state index contributed by atoms with van der Waals surface area (Å²) in [6.45, 7) is 10.1. The Morgan fingerprint density at radius 1 is 1.24 bits per heavy atom. The maximum absolute atomic E-state index is 5.94. The van der Waals surface area contributed by atoms with Crippen LogP contribution in [0.1, 0.15) is 63.0 Å². The summed E-state index contributed by atoms with van der Waals surface area (Å²) in [7, 11) is 0. The molecule has 0 amide bonds. The van der Waals surface area contributed by atoms with Crippen molar-refractivity contribution in [2.24, 2.45) is 0 Å². The van der Waals surface area contributed by atoms with E-state index in [-0.39, 0.29) is 0 Å². The molecule has 2 heteroatoms. The first-order chi connectivity index (χ1) is 8.28. The first-order valence-electron chi connectivity index (χ1n) is 7.12. The summed E-state index contributed by atoms with van der Waals surface area (Å²) in [5.74, 6) is 3.19. The Kier molecular flexibility index (Phi) is 4.27. The van der Waals surface area contributed by atoms with Gasteiger partial charge in [-0.3, -0.25) is 4.90 Å². The van der Waals surface area contributed by atoms with Gasteiger partial charge < -0.3 is 4.42 Å². The van der Waals surface area contributed by atoms with Gasteiger partial charge in [0, 0.05) is 24.4 Å². The Labute approximate surface area is 105 Å². The molecule has 0 aromatic carbocycles. The third-order valence-corrected chi connectivity index (χ3v) is 3.59. The number of rotatable bonds is 1. The quantitative estimate of drug-likeness (QED) is 0.732. The second kappa shape index (κ2) is 5.72. The monoisotopic (exact) mass is 235 g/mol. The molecular weight excluding hydrogens is 210 g/mol. The highest BCUT2D eigenvalue weighted by Gasteiger charge is 2.30. The third-order valence-electron chi connectivity index (χ3n) is 3.59. The van der Waals surface area contributed by atoms with Crippen LogP contribution in [-0.2, 0) is 13.0 Å². The van der Waals surface area contributed by atoms with Crippen LogP contribution < -0.4 is 0 Å². The van der Waals surface area contributed by atoms with Crippen LogP contribution in [0.2, 0.25) is 0 Å². The van der Waals surface area contributed by atoms with Gasteiger partial charge in [0.05, 0.1) is 0 Å². The molecule has 1 aromatic rings. The molecule has 96 valence electrons. The molecule has 0 aliphatic carbocycles. The lowest BCUT2D eigenvalue weighted by atomic mass is 9.95. The van der Waals surface area contributed by atoms with E-state index in [9.17, 15) is 0 Å². The van der Waals surface area contributed by atoms with Crippen LogP contribution in [0.3, 0.4) is 0 Å². The van der Waals surface area contributed by atoms with E-state index in [1.54, 1.807) is 0 Å². The first kappa shape index (κ1) is 12.7. The van der Waals surface area contributed by atoms with E-state index < -0.39 is 0 Å². The van der Waals surface area contributed by atoms with Gasteiger partial charge >= 0.3 is 0 Å². The molecule has 0 radical (unpaired) electrons. The van der Waals surface area contributed by atoms with Crippen LogP contribution in [0.25, 0.3) is 0 Å². The minimum atomic E-state index is 0.712. The average Bonchev–Trinajstić information content (AvgIpc) is 2.61. The van der Waals surface area contributed by atoms with Crippen LogP contribution in [0.5, 0.6) is 0 Å². The summed E-state index contributed by atoms with van der Waals surface area (Å²) in [6.07, 6.45) is 4.87. The van der Waals surface area contributed by atoms with Gasteiger partial charge in [-0.05, 0) is 32.0 Å². The normalized spacial score (nSPS) is 25.8. The number of aryl methyl sites for hydroxylation is 1. The van der Waals surface area contributed by atoms with E-state index in [1.165, 1.54) is 49.4 Å². The standard InChI is InChI=1S/C12H17NO.C3H8/c1-2-11-7-10-8-13-5-3-9(4-6-13)12(10)14-11;1-3-2/h7,9H,2-6,8H2,1H3;3H2,1-2H3. The van der Waals surface area contributed by atoms with Gasteiger partial charge in [0.2, 0.25) is 0 Å². The molecule has 4 rings (SSSR count). The Morgan fingerprint density at radius 3 is 2.47 bits per heavy atom. The van der Waals surface area contributed by atoms with Crippen molar-refractivity contribution in [3.05, 3.63) is 23.2 Å². The van der Waals surface area contributed by atoms with Crippen LogP contribution in [0.15, 0.2) is 10.5 Å². The molecule has 0 N–H and O–H groups in total. The van der Waals surface area contributed by atoms with Crippen molar-refractivity contribution in [3.63, 3.8) is 0 Å². The molecule has 1 saturated heterocycles. The molecule has 4 heterocycles. The van der Waals surface area contributed by atoms with Gasteiger partial charge in [0.1, 0.15) is 11.5 Å². The number of nitrogens with zero attached hydrogens (tertiary/aromatic N) is 1. The highest BCUT2D eigenvalue weighted by molar-refractivity contribution is 5.27. The minimum Gasteiger partial charge on any atom is -0.465 e. The van der Waals surface area contributed by atoms with Crippen LogP contribution in [0, 0.1) is 0 Å². The zero-order chi connectivity index (χ0) is 12.3. The topological polar surface area (TPSA) is 16.4 Å². The van der Waals surface area contributed by atoms with Crippen LogP contribution in [0.4, 0.5) is 0 Å². The maximum Gasteiger partial charge on any atom is 0.111 e. The largest absolute Gasteiger partial charge is 0.465 e. The molecule has 1 aromatic heterocycles. The van der Waals surface area contributed by atoms with Gasteiger partial charge in [-0.1, -0.05) is 27.2 Å². The van der Waals surface area contributed by atoms with E-state index in [0.29, 0.717) is 5.92 Å².